The van der Waals surface area contributed by atoms with E-state index in [1.54, 1.807) is 0 Å². The number of amides is 1. The minimum atomic E-state index is -0.0694. The monoisotopic (exact) mass is 498 g/mol. The Bertz CT molecular complexity index is 1270. The molecular formula is C30H34N4OS. The van der Waals surface area contributed by atoms with E-state index >= 15 is 0 Å². The van der Waals surface area contributed by atoms with Gasteiger partial charge < -0.3 is 5.32 Å². The normalized spacial score (nSPS) is 11.4. The zero-order valence-corrected chi connectivity index (χ0v) is 22.3. The molecule has 1 heterocycles. The molecular weight excluding hydrogens is 464 g/mol. The lowest BCUT2D eigenvalue weighted by atomic mass is 9.87. The van der Waals surface area contributed by atoms with Crippen molar-refractivity contribution >= 4 is 23.4 Å². The Morgan fingerprint density at radius 1 is 0.917 bits per heavy atom. The number of rotatable bonds is 9. The maximum Gasteiger partial charge on any atom is 0.234 e. The number of carbonyl (C=O) groups excluding carboxylic acids is 1. The molecule has 0 fully saturated rings. The third kappa shape index (κ3) is 6.43. The molecule has 1 N–H and O–H groups in total. The summed E-state index contributed by atoms with van der Waals surface area (Å²) in [6.45, 7) is 8.80. The van der Waals surface area contributed by atoms with Crippen LogP contribution in [0.3, 0.4) is 0 Å². The number of para-hydroxylation sites is 1. The molecule has 0 atom stereocenters. The highest BCUT2D eigenvalue weighted by Crippen LogP contribution is 2.30. The van der Waals surface area contributed by atoms with E-state index in [0.717, 1.165) is 29.2 Å². The second kappa shape index (κ2) is 11.6. The first kappa shape index (κ1) is 25.7. The lowest BCUT2D eigenvalue weighted by molar-refractivity contribution is -0.113. The van der Waals surface area contributed by atoms with E-state index in [0.29, 0.717) is 5.16 Å². The van der Waals surface area contributed by atoms with Gasteiger partial charge >= 0.3 is 0 Å². The molecule has 1 aromatic heterocycles. The number of benzene rings is 3. The first-order chi connectivity index (χ1) is 17.3. The number of anilines is 1. The fraction of sp³-hybridized carbons (Fsp3) is 0.300. The number of nitrogens with one attached hydrogen (secondary N) is 1. The maximum atomic E-state index is 12.7. The molecule has 6 heteroatoms. The summed E-state index contributed by atoms with van der Waals surface area (Å²) in [7, 11) is 0. The number of hydrogen-bond donors (Lipinski definition) is 1. The first-order valence-corrected chi connectivity index (χ1v) is 13.5. The summed E-state index contributed by atoms with van der Waals surface area (Å²) in [5.74, 6) is 0.929. The van der Waals surface area contributed by atoms with Crippen molar-refractivity contribution in [1.29, 1.82) is 0 Å². The number of aromatic nitrogens is 3. The Morgan fingerprint density at radius 2 is 1.61 bits per heavy atom. The van der Waals surface area contributed by atoms with E-state index in [1.165, 1.54) is 35.7 Å². The number of unbranched alkanes of at least 4 members (excludes halogenated alkanes) is 1. The summed E-state index contributed by atoms with van der Waals surface area (Å²) in [6.07, 6.45) is 3.41. The van der Waals surface area contributed by atoms with Crippen LogP contribution in [0.5, 0.6) is 0 Å². The minimum Gasteiger partial charge on any atom is -0.325 e. The van der Waals surface area contributed by atoms with Crippen LogP contribution in [-0.2, 0) is 16.6 Å². The minimum absolute atomic E-state index is 0.0694. The van der Waals surface area contributed by atoms with Crippen molar-refractivity contribution in [2.24, 2.45) is 0 Å². The standard InChI is InChI=1S/C30H34N4OS/c1-5-6-10-22-13-19-25(20-14-22)31-27(35)21-36-29-33-32-28(34(29)26-11-8-7-9-12-26)23-15-17-24(18-16-23)30(2,3)4/h7-9,11-20H,5-6,10,21H2,1-4H3,(H,31,35). The second-order valence-electron chi connectivity index (χ2n) is 9.94. The molecule has 4 aromatic rings. The SMILES string of the molecule is CCCCc1ccc(NC(=O)CSc2nnc(-c3ccc(C(C)(C)C)cc3)n2-c2ccccc2)cc1. The summed E-state index contributed by atoms with van der Waals surface area (Å²) in [5.41, 5.74) is 5.40. The second-order valence-corrected chi connectivity index (χ2v) is 10.9. The van der Waals surface area contributed by atoms with Crippen LogP contribution < -0.4 is 5.32 Å². The average molecular weight is 499 g/mol. The fourth-order valence-corrected chi connectivity index (χ4v) is 4.69. The van der Waals surface area contributed by atoms with Gasteiger partial charge in [0.15, 0.2) is 11.0 Å². The van der Waals surface area contributed by atoms with Crippen molar-refractivity contribution in [3.63, 3.8) is 0 Å². The van der Waals surface area contributed by atoms with E-state index in [-0.39, 0.29) is 17.1 Å². The third-order valence-electron chi connectivity index (χ3n) is 6.05. The van der Waals surface area contributed by atoms with Crippen LogP contribution in [0.2, 0.25) is 0 Å². The van der Waals surface area contributed by atoms with Gasteiger partial charge in [-0.2, -0.15) is 0 Å². The summed E-state index contributed by atoms with van der Waals surface area (Å²) >= 11 is 1.38. The van der Waals surface area contributed by atoms with Crippen molar-refractivity contribution in [2.75, 3.05) is 11.1 Å². The Labute approximate surface area is 218 Å². The van der Waals surface area contributed by atoms with Crippen molar-refractivity contribution in [1.82, 2.24) is 14.8 Å². The Balaban J connectivity index is 1.51. The van der Waals surface area contributed by atoms with Gasteiger partial charge in [-0.15, -0.1) is 10.2 Å². The lowest BCUT2D eigenvalue weighted by Crippen LogP contribution is -2.14. The molecule has 0 spiro atoms. The molecule has 0 unspecified atom stereocenters. The number of thioether (sulfide) groups is 1. The van der Waals surface area contributed by atoms with Crippen LogP contribution in [0.1, 0.15) is 51.7 Å². The molecule has 4 rings (SSSR count). The smallest absolute Gasteiger partial charge is 0.234 e. The molecule has 36 heavy (non-hydrogen) atoms. The fourth-order valence-electron chi connectivity index (χ4n) is 3.94. The van der Waals surface area contributed by atoms with Gasteiger partial charge in [-0.05, 0) is 53.6 Å². The van der Waals surface area contributed by atoms with Crippen LogP contribution in [0.4, 0.5) is 5.69 Å². The van der Waals surface area contributed by atoms with Crippen molar-refractivity contribution in [3.05, 3.63) is 90.0 Å². The highest BCUT2D eigenvalue weighted by atomic mass is 32.2. The van der Waals surface area contributed by atoms with Gasteiger partial charge in [0.1, 0.15) is 0 Å². The third-order valence-corrected chi connectivity index (χ3v) is 6.97. The van der Waals surface area contributed by atoms with Gasteiger partial charge in [0.25, 0.3) is 0 Å². The lowest BCUT2D eigenvalue weighted by Gasteiger charge is -2.19. The van der Waals surface area contributed by atoms with Crippen molar-refractivity contribution in [2.45, 2.75) is 57.5 Å². The zero-order valence-electron chi connectivity index (χ0n) is 21.5. The maximum absolute atomic E-state index is 12.7. The molecule has 0 bridgehead atoms. The quantitative estimate of drug-likeness (QED) is 0.246. The average Bonchev–Trinajstić information content (AvgIpc) is 3.31. The first-order valence-electron chi connectivity index (χ1n) is 12.5. The van der Waals surface area contributed by atoms with Gasteiger partial charge in [0, 0.05) is 16.9 Å². The van der Waals surface area contributed by atoms with Gasteiger partial charge in [0.05, 0.1) is 5.75 Å². The summed E-state index contributed by atoms with van der Waals surface area (Å²) < 4.78 is 2.02. The van der Waals surface area contributed by atoms with E-state index in [2.05, 4.69) is 79.6 Å². The Hall–Kier alpha value is -3.38. The highest BCUT2D eigenvalue weighted by molar-refractivity contribution is 7.99. The highest BCUT2D eigenvalue weighted by Gasteiger charge is 2.19. The van der Waals surface area contributed by atoms with E-state index in [1.807, 2.05) is 47.0 Å². The number of hydrogen-bond acceptors (Lipinski definition) is 4. The predicted octanol–water partition coefficient (Wildman–Crippen LogP) is 7.31. The number of carbonyl (C=O) groups is 1. The van der Waals surface area contributed by atoms with Gasteiger partial charge in [-0.3, -0.25) is 9.36 Å². The van der Waals surface area contributed by atoms with Crippen molar-refractivity contribution in [3.8, 4) is 17.1 Å². The molecule has 0 aliphatic carbocycles. The van der Waals surface area contributed by atoms with E-state index < -0.39 is 0 Å². The summed E-state index contributed by atoms with van der Waals surface area (Å²) in [5, 5.41) is 12.6. The topological polar surface area (TPSA) is 59.8 Å². The molecule has 0 aliphatic heterocycles. The molecule has 1 amide bonds. The van der Waals surface area contributed by atoms with E-state index in [4.69, 9.17) is 0 Å². The number of aryl methyl sites for hydroxylation is 1. The molecule has 0 aliphatic rings. The van der Waals surface area contributed by atoms with Gasteiger partial charge in [-0.1, -0.05) is 100 Å². The van der Waals surface area contributed by atoms with Crippen molar-refractivity contribution < 1.29 is 4.79 Å². The van der Waals surface area contributed by atoms with Gasteiger partial charge in [-0.25, -0.2) is 0 Å². The summed E-state index contributed by atoms with van der Waals surface area (Å²) in [6, 6.07) is 26.6. The molecule has 3 aromatic carbocycles. The summed E-state index contributed by atoms with van der Waals surface area (Å²) in [4.78, 5) is 12.7. The van der Waals surface area contributed by atoms with Crippen LogP contribution in [-0.4, -0.2) is 26.4 Å². The van der Waals surface area contributed by atoms with Crippen LogP contribution in [0.15, 0.2) is 84.0 Å². The van der Waals surface area contributed by atoms with Crippen LogP contribution in [0.25, 0.3) is 17.1 Å². The Kier molecular flexibility index (Phi) is 8.26. The molecule has 0 saturated heterocycles. The molecule has 0 saturated carbocycles. The molecule has 0 radical (unpaired) electrons. The van der Waals surface area contributed by atoms with E-state index in [9.17, 15) is 4.79 Å². The Morgan fingerprint density at radius 3 is 2.25 bits per heavy atom. The molecule has 186 valence electrons. The van der Waals surface area contributed by atoms with Crippen LogP contribution >= 0.6 is 11.8 Å². The largest absolute Gasteiger partial charge is 0.325 e. The predicted molar refractivity (Wildman–Crippen MR) is 150 cm³/mol. The number of nitrogens with zero attached hydrogens (tertiary/aromatic N) is 3. The molecule has 5 nitrogen and oxygen atoms in total. The zero-order chi connectivity index (χ0) is 25.5. The van der Waals surface area contributed by atoms with Gasteiger partial charge in [0.2, 0.25) is 5.91 Å². The van der Waals surface area contributed by atoms with Crippen LogP contribution in [0, 0.1) is 0 Å².